The van der Waals surface area contributed by atoms with Gasteiger partial charge < -0.3 is 0 Å². The fourth-order valence-corrected chi connectivity index (χ4v) is 0.994. The van der Waals surface area contributed by atoms with E-state index in [0.29, 0.717) is 0 Å². The van der Waals surface area contributed by atoms with Crippen LogP contribution in [0.3, 0.4) is 0 Å². The summed E-state index contributed by atoms with van der Waals surface area (Å²) >= 11 is 0. The molecule has 0 spiro atoms. The molecular formula is C15H33N. The van der Waals surface area contributed by atoms with Crippen LogP contribution in [-0.4, -0.2) is 12.8 Å². The lowest BCUT2D eigenvalue weighted by Crippen LogP contribution is -1.94. The van der Waals surface area contributed by atoms with E-state index >= 15 is 0 Å². The number of hydrogen-bond acceptors (Lipinski definition) is 1. The molecule has 0 aliphatic rings. The molecule has 1 nitrogen and oxygen atoms in total. The van der Waals surface area contributed by atoms with Gasteiger partial charge in [-0.1, -0.05) is 66.9 Å². The summed E-state index contributed by atoms with van der Waals surface area (Å²) in [5.41, 5.74) is 2.25. The van der Waals surface area contributed by atoms with E-state index in [1.807, 2.05) is 20.8 Å². The smallest absolute Gasteiger partial charge is 0.0339 e. The lowest BCUT2D eigenvalue weighted by atomic mass is 10.1. The third-order valence-electron chi connectivity index (χ3n) is 2.11. The number of hydrogen-bond donors (Lipinski definition) is 0. The van der Waals surface area contributed by atoms with Crippen molar-refractivity contribution in [3.8, 4) is 0 Å². The molecule has 0 bridgehead atoms. The van der Waals surface area contributed by atoms with Gasteiger partial charge in [0.25, 0.3) is 0 Å². The van der Waals surface area contributed by atoms with Crippen LogP contribution >= 0.6 is 0 Å². The Bertz CT molecular complexity index is 155. The Morgan fingerprint density at radius 3 is 1.62 bits per heavy atom. The van der Waals surface area contributed by atoms with Crippen LogP contribution in [0, 0.1) is 0 Å². The Kier molecular flexibility index (Phi) is 25.8. The Balaban J connectivity index is -0.000000205. The highest BCUT2D eigenvalue weighted by Crippen LogP contribution is 2.02. The first-order chi connectivity index (χ1) is 7.63. The molecule has 16 heavy (non-hydrogen) atoms. The number of aliphatic imine (C=N–C) groups is 1. The maximum absolute atomic E-state index is 4.02. The van der Waals surface area contributed by atoms with Gasteiger partial charge >= 0.3 is 0 Å². The third-order valence-corrected chi connectivity index (χ3v) is 2.11. The predicted molar refractivity (Wildman–Crippen MR) is 79.6 cm³/mol. The lowest BCUT2D eigenvalue weighted by molar-refractivity contribution is 0.772. The van der Waals surface area contributed by atoms with Crippen LogP contribution in [0.5, 0.6) is 0 Å². The maximum Gasteiger partial charge on any atom is 0.0339 e. The summed E-state index contributed by atoms with van der Waals surface area (Å²) in [5.74, 6) is 0. The lowest BCUT2D eigenvalue weighted by Gasteiger charge is -1.99. The minimum Gasteiger partial charge on any atom is -0.293 e. The van der Waals surface area contributed by atoms with Gasteiger partial charge in [-0.05, 0) is 18.9 Å². The highest BCUT2D eigenvalue weighted by molar-refractivity contribution is 5.97. The number of nitrogens with zero attached hydrogens (tertiary/aromatic N) is 1. The zero-order valence-electron chi connectivity index (χ0n) is 12.7. The highest BCUT2D eigenvalue weighted by atomic mass is 14.7. The molecule has 0 saturated carbocycles. The van der Waals surface area contributed by atoms with Gasteiger partial charge in [0.1, 0.15) is 0 Å². The largest absolute Gasteiger partial charge is 0.293 e. The van der Waals surface area contributed by atoms with Gasteiger partial charge in [-0.3, -0.25) is 4.99 Å². The van der Waals surface area contributed by atoms with Crippen LogP contribution in [0.4, 0.5) is 0 Å². The molecule has 98 valence electrons. The van der Waals surface area contributed by atoms with Crippen LogP contribution in [-0.2, 0) is 0 Å². The Morgan fingerprint density at radius 2 is 1.44 bits per heavy atom. The first-order valence-corrected chi connectivity index (χ1v) is 6.75. The van der Waals surface area contributed by atoms with Crippen molar-refractivity contribution in [2.75, 3.05) is 7.05 Å². The van der Waals surface area contributed by atoms with Crippen molar-refractivity contribution in [1.29, 1.82) is 0 Å². The molecule has 0 amide bonds. The van der Waals surface area contributed by atoms with E-state index in [9.17, 15) is 0 Å². The Labute approximate surface area is 104 Å². The van der Waals surface area contributed by atoms with Crippen molar-refractivity contribution >= 4 is 5.71 Å². The number of unbranched alkanes of at least 4 members (excludes halogenated alkanes) is 2. The van der Waals surface area contributed by atoms with Gasteiger partial charge in [-0.25, -0.2) is 0 Å². The van der Waals surface area contributed by atoms with Crippen molar-refractivity contribution in [1.82, 2.24) is 0 Å². The molecular weight excluding hydrogens is 194 g/mol. The van der Waals surface area contributed by atoms with Crippen LogP contribution < -0.4 is 0 Å². The van der Waals surface area contributed by atoms with Gasteiger partial charge in [-0.15, -0.1) is 0 Å². The minimum atomic E-state index is 1.07. The molecule has 0 rings (SSSR count). The molecule has 0 aromatic heterocycles. The second-order valence-corrected chi connectivity index (χ2v) is 3.52. The molecule has 0 unspecified atom stereocenters. The van der Waals surface area contributed by atoms with E-state index in [4.69, 9.17) is 0 Å². The van der Waals surface area contributed by atoms with E-state index < -0.39 is 0 Å². The van der Waals surface area contributed by atoms with E-state index in [0.717, 1.165) is 18.6 Å². The van der Waals surface area contributed by atoms with Crippen molar-refractivity contribution in [2.45, 2.75) is 73.6 Å². The quantitative estimate of drug-likeness (QED) is 0.538. The summed E-state index contributed by atoms with van der Waals surface area (Å²) in [7, 11) is 1.80. The fourth-order valence-electron chi connectivity index (χ4n) is 0.994. The second-order valence-electron chi connectivity index (χ2n) is 3.52. The molecule has 0 fully saturated rings. The van der Waals surface area contributed by atoms with Crippen molar-refractivity contribution in [3.63, 3.8) is 0 Å². The zero-order chi connectivity index (χ0) is 13.4. The summed E-state index contributed by atoms with van der Waals surface area (Å²) in [6.07, 6.45) is 6.31. The van der Waals surface area contributed by atoms with Crippen molar-refractivity contribution in [2.24, 2.45) is 4.99 Å². The molecule has 1 heteroatoms. The monoisotopic (exact) mass is 227 g/mol. The van der Waals surface area contributed by atoms with Gasteiger partial charge in [-0.2, -0.15) is 0 Å². The summed E-state index contributed by atoms with van der Waals surface area (Å²) in [6, 6.07) is 0. The van der Waals surface area contributed by atoms with Crippen molar-refractivity contribution in [3.05, 3.63) is 12.2 Å². The van der Waals surface area contributed by atoms with Crippen LogP contribution in [0.15, 0.2) is 17.1 Å². The van der Waals surface area contributed by atoms with E-state index in [1.54, 1.807) is 7.05 Å². The molecule has 0 saturated heterocycles. The fraction of sp³-hybridized carbons (Fsp3) is 0.800. The minimum absolute atomic E-state index is 1.07. The normalized spacial score (nSPS) is 9.56. The molecule has 0 heterocycles. The van der Waals surface area contributed by atoms with Crippen LogP contribution in [0.1, 0.15) is 73.6 Å². The van der Waals surface area contributed by atoms with Crippen LogP contribution in [0.2, 0.25) is 0 Å². The molecule has 0 radical (unpaired) electrons. The molecule has 0 atom stereocenters. The van der Waals surface area contributed by atoms with E-state index in [-0.39, 0.29) is 0 Å². The third kappa shape index (κ3) is 19.1. The van der Waals surface area contributed by atoms with Gasteiger partial charge in [0.05, 0.1) is 0 Å². The van der Waals surface area contributed by atoms with Crippen LogP contribution in [0.25, 0.3) is 0 Å². The average Bonchev–Trinajstić information content (AvgIpc) is 2.33. The molecule has 0 N–H and O–H groups in total. The summed E-state index contributed by atoms with van der Waals surface area (Å²) in [4.78, 5) is 4.02. The van der Waals surface area contributed by atoms with E-state index in [1.165, 1.54) is 24.8 Å². The molecule has 0 aliphatic carbocycles. The van der Waals surface area contributed by atoms with Gasteiger partial charge in [0, 0.05) is 12.8 Å². The summed E-state index contributed by atoms with van der Waals surface area (Å²) in [5, 5.41) is 0. The van der Waals surface area contributed by atoms with Gasteiger partial charge in [0.15, 0.2) is 0 Å². The first-order valence-electron chi connectivity index (χ1n) is 6.75. The molecule has 0 aromatic carbocycles. The molecule has 0 aromatic rings. The second kappa shape index (κ2) is 19.9. The van der Waals surface area contributed by atoms with E-state index in [2.05, 4.69) is 32.3 Å². The highest BCUT2D eigenvalue weighted by Gasteiger charge is 1.93. The Morgan fingerprint density at radius 1 is 1.00 bits per heavy atom. The first kappa shape index (κ1) is 20.8. The zero-order valence-corrected chi connectivity index (χ0v) is 12.7. The number of allylic oxidation sites excluding steroid dienone is 1. The maximum atomic E-state index is 4.02. The Hall–Kier alpha value is -0.590. The average molecular weight is 227 g/mol. The SMILES string of the molecule is C=C(CCC)C(C)=NC.CC.CCCCC. The van der Waals surface area contributed by atoms with Crippen molar-refractivity contribution < 1.29 is 0 Å². The van der Waals surface area contributed by atoms with Gasteiger partial charge in [0.2, 0.25) is 0 Å². The topological polar surface area (TPSA) is 12.4 Å². The standard InChI is InChI=1S/C8H15N.C5H12.C2H6/c1-5-6-7(2)8(3)9-4;1-3-5-4-2;1-2/h2,5-6H2,1,3-4H3;3-5H2,1-2H3;1-2H3. The number of rotatable bonds is 5. The predicted octanol–water partition coefficient (Wildman–Crippen LogP) is 5.66. The summed E-state index contributed by atoms with van der Waals surface area (Å²) in [6.45, 7) is 16.5. The molecule has 0 aliphatic heterocycles. The summed E-state index contributed by atoms with van der Waals surface area (Å²) < 4.78 is 0.